The third kappa shape index (κ3) is 3.05. The molecule has 5 nitrogen and oxygen atoms in total. The van der Waals surface area contributed by atoms with E-state index in [9.17, 15) is 0 Å². The van der Waals surface area contributed by atoms with Gasteiger partial charge in [0.05, 0.1) is 0 Å². The molecule has 5 heteroatoms. The van der Waals surface area contributed by atoms with Crippen molar-refractivity contribution in [3.63, 3.8) is 0 Å². The molecule has 1 aliphatic heterocycles. The van der Waals surface area contributed by atoms with E-state index < -0.39 is 5.66 Å². The molecule has 19 heavy (non-hydrogen) atoms. The first-order chi connectivity index (χ1) is 9.07. The lowest BCUT2D eigenvalue weighted by Crippen LogP contribution is -2.48. The minimum Gasteiger partial charge on any atom is -0.370 e. The standard InChI is InChI=1S/C14H21N5/c1-4-14(5-2)18-12(15)17-13(19-14)16-11-8-6-7-10(3)9-11/h6-9H,4-5H2,1-3H3,(H4,15,16,17,18,19). The number of hydrogen-bond donors (Lipinski definition) is 3. The summed E-state index contributed by atoms with van der Waals surface area (Å²) >= 11 is 0. The van der Waals surface area contributed by atoms with Crippen LogP contribution < -0.4 is 16.4 Å². The summed E-state index contributed by atoms with van der Waals surface area (Å²) in [4.78, 5) is 9.07. The number of aliphatic imine (C=N–C) groups is 2. The maximum absolute atomic E-state index is 5.85. The quantitative estimate of drug-likeness (QED) is 0.779. The molecule has 102 valence electrons. The van der Waals surface area contributed by atoms with E-state index in [0.29, 0.717) is 11.9 Å². The summed E-state index contributed by atoms with van der Waals surface area (Å²) in [6.45, 7) is 6.19. The van der Waals surface area contributed by atoms with Crippen LogP contribution in [0, 0.1) is 6.92 Å². The van der Waals surface area contributed by atoms with Crippen molar-refractivity contribution in [3.8, 4) is 0 Å². The Hall–Kier alpha value is -2.04. The number of rotatable bonds is 3. The largest absolute Gasteiger partial charge is 0.370 e. The van der Waals surface area contributed by atoms with Gasteiger partial charge in [0, 0.05) is 5.69 Å². The smallest absolute Gasteiger partial charge is 0.205 e. The van der Waals surface area contributed by atoms with Gasteiger partial charge in [0.1, 0.15) is 0 Å². The number of nitrogens with one attached hydrogen (secondary N) is 2. The van der Waals surface area contributed by atoms with Crippen LogP contribution in [0.2, 0.25) is 0 Å². The summed E-state index contributed by atoms with van der Waals surface area (Å²) in [5, 5.41) is 6.23. The van der Waals surface area contributed by atoms with E-state index in [1.54, 1.807) is 0 Å². The molecule has 1 heterocycles. The summed E-state index contributed by atoms with van der Waals surface area (Å²) in [5.41, 5.74) is 7.59. The molecule has 0 saturated carbocycles. The summed E-state index contributed by atoms with van der Waals surface area (Å²) < 4.78 is 0. The summed E-state index contributed by atoms with van der Waals surface area (Å²) in [5.74, 6) is 1.07. The molecule has 0 fully saturated rings. The fourth-order valence-electron chi connectivity index (χ4n) is 2.12. The summed E-state index contributed by atoms with van der Waals surface area (Å²) in [6.07, 6.45) is 1.65. The molecule has 1 aromatic carbocycles. The molecular formula is C14H21N5. The molecule has 0 saturated heterocycles. The number of hydrogen-bond acceptors (Lipinski definition) is 5. The molecule has 0 radical (unpaired) electrons. The lowest BCUT2D eigenvalue weighted by Gasteiger charge is -2.29. The normalized spacial score (nSPS) is 17.2. The van der Waals surface area contributed by atoms with Gasteiger partial charge in [-0.2, -0.15) is 0 Å². The van der Waals surface area contributed by atoms with E-state index in [1.165, 1.54) is 5.56 Å². The third-order valence-electron chi connectivity index (χ3n) is 3.31. The van der Waals surface area contributed by atoms with Gasteiger partial charge in [-0.15, -0.1) is 0 Å². The molecule has 0 spiro atoms. The van der Waals surface area contributed by atoms with Crippen molar-refractivity contribution < 1.29 is 0 Å². The molecule has 0 aromatic heterocycles. The third-order valence-corrected chi connectivity index (χ3v) is 3.31. The van der Waals surface area contributed by atoms with Crippen LogP contribution in [0.1, 0.15) is 32.3 Å². The van der Waals surface area contributed by atoms with Gasteiger partial charge in [0.25, 0.3) is 0 Å². The Morgan fingerprint density at radius 2 is 2.00 bits per heavy atom. The van der Waals surface area contributed by atoms with Gasteiger partial charge in [-0.1, -0.05) is 26.0 Å². The SMILES string of the molecule is CCC1(CC)N=C(N)NC(Nc2cccc(C)c2)=N1. The fourth-order valence-corrected chi connectivity index (χ4v) is 2.12. The zero-order chi connectivity index (χ0) is 13.9. The minimum atomic E-state index is -0.443. The van der Waals surface area contributed by atoms with Crippen LogP contribution >= 0.6 is 0 Å². The topological polar surface area (TPSA) is 74.8 Å². The average Bonchev–Trinajstić information content (AvgIpc) is 2.38. The second kappa shape index (κ2) is 5.30. The van der Waals surface area contributed by atoms with Crippen molar-refractivity contribution in [2.75, 3.05) is 5.32 Å². The predicted molar refractivity (Wildman–Crippen MR) is 80.3 cm³/mol. The van der Waals surface area contributed by atoms with E-state index >= 15 is 0 Å². The van der Waals surface area contributed by atoms with Gasteiger partial charge < -0.3 is 11.1 Å². The molecule has 4 N–H and O–H groups in total. The van der Waals surface area contributed by atoms with Gasteiger partial charge in [-0.05, 0) is 37.5 Å². The first-order valence-corrected chi connectivity index (χ1v) is 6.63. The van der Waals surface area contributed by atoms with Crippen LogP contribution in [-0.4, -0.2) is 17.6 Å². The van der Waals surface area contributed by atoms with Crippen LogP contribution in [0.15, 0.2) is 34.3 Å². The highest BCUT2D eigenvalue weighted by Crippen LogP contribution is 2.24. The lowest BCUT2D eigenvalue weighted by atomic mass is 10.1. The highest BCUT2D eigenvalue weighted by molar-refractivity contribution is 6.06. The maximum Gasteiger partial charge on any atom is 0.205 e. The minimum absolute atomic E-state index is 0.411. The number of guanidine groups is 2. The Bertz CT molecular complexity index is 514. The van der Waals surface area contributed by atoms with Crippen molar-refractivity contribution in [2.24, 2.45) is 15.7 Å². The molecule has 0 atom stereocenters. The highest BCUT2D eigenvalue weighted by atomic mass is 15.3. The fraction of sp³-hybridized carbons (Fsp3) is 0.429. The van der Waals surface area contributed by atoms with Crippen LogP contribution in [0.4, 0.5) is 5.69 Å². The molecule has 1 aliphatic rings. The van der Waals surface area contributed by atoms with Crippen LogP contribution in [-0.2, 0) is 0 Å². The van der Waals surface area contributed by atoms with E-state index in [2.05, 4.69) is 53.5 Å². The van der Waals surface area contributed by atoms with Gasteiger partial charge in [-0.25, -0.2) is 9.98 Å². The average molecular weight is 259 g/mol. The number of benzene rings is 1. The van der Waals surface area contributed by atoms with Crippen molar-refractivity contribution in [2.45, 2.75) is 39.3 Å². The highest BCUT2D eigenvalue weighted by Gasteiger charge is 2.29. The van der Waals surface area contributed by atoms with Gasteiger partial charge in [0.2, 0.25) is 5.96 Å². The van der Waals surface area contributed by atoms with Crippen LogP contribution in [0.25, 0.3) is 0 Å². The molecule has 0 bridgehead atoms. The van der Waals surface area contributed by atoms with Crippen molar-refractivity contribution in [1.29, 1.82) is 0 Å². The lowest BCUT2D eigenvalue weighted by molar-refractivity contribution is 0.412. The zero-order valence-corrected chi connectivity index (χ0v) is 11.7. The van der Waals surface area contributed by atoms with Gasteiger partial charge in [0.15, 0.2) is 11.6 Å². The molecule has 0 aliphatic carbocycles. The first kappa shape index (κ1) is 13.4. The summed E-state index contributed by atoms with van der Waals surface area (Å²) in [7, 11) is 0. The Kier molecular flexibility index (Phi) is 3.74. The van der Waals surface area contributed by atoms with Crippen molar-refractivity contribution in [3.05, 3.63) is 29.8 Å². The maximum atomic E-state index is 5.85. The molecule has 2 rings (SSSR count). The van der Waals surface area contributed by atoms with Gasteiger partial charge in [-0.3, -0.25) is 5.32 Å². The van der Waals surface area contributed by atoms with E-state index in [1.807, 2.05) is 12.1 Å². The van der Waals surface area contributed by atoms with Crippen LogP contribution in [0.5, 0.6) is 0 Å². The number of anilines is 1. The Morgan fingerprint density at radius 3 is 2.63 bits per heavy atom. The summed E-state index contributed by atoms with van der Waals surface area (Å²) in [6, 6.07) is 8.12. The van der Waals surface area contributed by atoms with Crippen molar-refractivity contribution >= 4 is 17.6 Å². The van der Waals surface area contributed by atoms with E-state index in [0.717, 1.165) is 18.5 Å². The molecule has 0 amide bonds. The second-order valence-corrected chi connectivity index (χ2v) is 4.77. The van der Waals surface area contributed by atoms with E-state index in [-0.39, 0.29) is 0 Å². The van der Waals surface area contributed by atoms with E-state index in [4.69, 9.17) is 5.73 Å². The molecule has 1 aromatic rings. The Balaban J connectivity index is 2.23. The van der Waals surface area contributed by atoms with Gasteiger partial charge >= 0.3 is 0 Å². The predicted octanol–water partition coefficient (Wildman–Crippen LogP) is 2.20. The second-order valence-electron chi connectivity index (χ2n) is 4.77. The number of nitrogens with two attached hydrogens (primary N) is 1. The Labute approximate surface area is 114 Å². The molecular weight excluding hydrogens is 238 g/mol. The van der Waals surface area contributed by atoms with Crippen LogP contribution in [0.3, 0.4) is 0 Å². The van der Waals surface area contributed by atoms with Crippen molar-refractivity contribution in [1.82, 2.24) is 5.32 Å². The zero-order valence-electron chi connectivity index (χ0n) is 11.7. The number of aryl methyl sites for hydroxylation is 1. The Morgan fingerprint density at radius 1 is 1.26 bits per heavy atom. The first-order valence-electron chi connectivity index (χ1n) is 6.63. The monoisotopic (exact) mass is 259 g/mol. The number of nitrogens with zero attached hydrogens (tertiary/aromatic N) is 2. The molecule has 0 unspecified atom stereocenters.